The van der Waals surface area contributed by atoms with Gasteiger partial charge in [0.25, 0.3) is 0 Å². The molecule has 0 radical (unpaired) electrons. The van der Waals surface area contributed by atoms with Gasteiger partial charge >= 0.3 is 25.7 Å². The van der Waals surface area contributed by atoms with Crippen LogP contribution in [0.15, 0.2) is 134 Å². The van der Waals surface area contributed by atoms with E-state index in [9.17, 15) is 28.9 Å². The highest BCUT2D eigenvalue weighted by atomic mass is 31.2. The monoisotopic (exact) mass is 1020 g/mol. The number of aliphatic hydroxyl groups excluding tert-OH is 1. The Morgan fingerprint density at radius 3 is 1.17 bits per heavy atom. The lowest BCUT2D eigenvalue weighted by Gasteiger charge is -2.21. The van der Waals surface area contributed by atoms with Crippen molar-refractivity contribution in [1.29, 1.82) is 0 Å². The molecule has 0 spiro atoms. The summed E-state index contributed by atoms with van der Waals surface area (Å²) in [4.78, 5) is 48.4. The van der Waals surface area contributed by atoms with Gasteiger partial charge in [-0.2, -0.15) is 0 Å². The Labute approximate surface area is 436 Å². The summed E-state index contributed by atoms with van der Waals surface area (Å²) < 4.78 is 39.3. The zero-order chi connectivity index (χ0) is 52.7. The number of phosphoric acid groups is 1. The Kier molecular flexibility index (Phi) is 49.7. The minimum atomic E-state index is -4.78. The lowest BCUT2D eigenvalue weighted by molar-refractivity contribution is -0.161. The maximum absolute atomic E-state index is 12.9. The molecule has 0 aliphatic rings. The van der Waals surface area contributed by atoms with Gasteiger partial charge in [0, 0.05) is 19.3 Å². The van der Waals surface area contributed by atoms with Gasteiger partial charge in [-0.1, -0.05) is 187 Å². The van der Waals surface area contributed by atoms with E-state index in [0.29, 0.717) is 32.1 Å². The number of hydrogen-bond donors (Lipinski definition) is 2. The molecule has 0 saturated carbocycles. The quantitative estimate of drug-likeness (QED) is 0.0197. The van der Waals surface area contributed by atoms with Crippen molar-refractivity contribution < 1.29 is 52.2 Å². The van der Waals surface area contributed by atoms with E-state index < -0.39 is 57.8 Å². The van der Waals surface area contributed by atoms with Crippen molar-refractivity contribution >= 4 is 25.7 Å². The van der Waals surface area contributed by atoms with Crippen molar-refractivity contribution in [3.8, 4) is 0 Å². The van der Waals surface area contributed by atoms with E-state index in [1.807, 2.05) is 24.3 Å². The maximum Gasteiger partial charge on any atom is 0.472 e. The number of allylic oxidation sites excluding steroid dienone is 22. The third kappa shape index (κ3) is 50.6. The van der Waals surface area contributed by atoms with E-state index in [1.165, 1.54) is 12.8 Å². The molecule has 0 aromatic rings. The topological polar surface area (TPSA) is 155 Å². The molecule has 0 aromatic heterocycles. The lowest BCUT2D eigenvalue weighted by Crippen LogP contribution is -2.30. The molecule has 0 aliphatic heterocycles. The Hall–Kier alpha value is -4.38. The van der Waals surface area contributed by atoms with Crippen LogP contribution in [0.25, 0.3) is 0 Å². The van der Waals surface area contributed by atoms with Gasteiger partial charge in [-0.3, -0.25) is 23.4 Å². The third-order valence-corrected chi connectivity index (χ3v) is 11.5. The normalized spacial score (nSPS) is 14.5. The van der Waals surface area contributed by atoms with E-state index >= 15 is 0 Å². The van der Waals surface area contributed by atoms with E-state index in [4.69, 9.17) is 23.3 Å². The number of unbranched alkanes of at least 4 members (excludes halogenated alkanes) is 9. The van der Waals surface area contributed by atoms with E-state index in [-0.39, 0.29) is 25.9 Å². The summed E-state index contributed by atoms with van der Waals surface area (Å²) in [5.74, 6) is -1.63. The van der Waals surface area contributed by atoms with Crippen LogP contribution in [0.4, 0.5) is 0 Å². The fourth-order valence-electron chi connectivity index (χ4n) is 6.46. The van der Waals surface area contributed by atoms with Crippen LogP contribution in [0.1, 0.15) is 188 Å². The van der Waals surface area contributed by atoms with Crippen molar-refractivity contribution in [2.24, 2.45) is 0 Å². The van der Waals surface area contributed by atoms with Gasteiger partial charge in [-0.05, 0) is 116 Å². The number of esters is 3. The first-order valence-electron chi connectivity index (χ1n) is 27.1. The zero-order valence-electron chi connectivity index (χ0n) is 44.6. The smallest absolute Gasteiger partial charge is 0.462 e. The van der Waals surface area contributed by atoms with Crippen LogP contribution in [0, 0.1) is 0 Å². The molecule has 72 heavy (non-hydrogen) atoms. The number of ether oxygens (including phenoxy) is 3. The average molecular weight is 1020 g/mol. The van der Waals surface area contributed by atoms with Crippen LogP contribution in [0.2, 0.25) is 0 Å². The van der Waals surface area contributed by atoms with Gasteiger partial charge in [0.1, 0.15) is 12.7 Å². The van der Waals surface area contributed by atoms with Crippen LogP contribution in [-0.2, 0) is 42.2 Å². The number of carbonyl (C=O) groups excluding carboxylic acids is 3. The van der Waals surface area contributed by atoms with E-state index in [0.717, 1.165) is 103 Å². The predicted molar refractivity (Wildman–Crippen MR) is 297 cm³/mol. The molecular weight excluding hydrogens is 928 g/mol. The van der Waals surface area contributed by atoms with Gasteiger partial charge in [0.2, 0.25) is 0 Å². The van der Waals surface area contributed by atoms with Gasteiger partial charge < -0.3 is 24.2 Å². The molecule has 11 nitrogen and oxygen atoms in total. The molecule has 2 N–H and O–H groups in total. The second kappa shape index (κ2) is 52.9. The molecule has 0 aliphatic carbocycles. The highest BCUT2D eigenvalue weighted by Crippen LogP contribution is 2.43. The number of hydrogen-bond acceptors (Lipinski definition) is 10. The van der Waals surface area contributed by atoms with Crippen molar-refractivity contribution in [2.75, 3.05) is 26.4 Å². The van der Waals surface area contributed by atoms with E-state index in [1.54, 1.807) is 0 Å². The zero-order valence-corrected chi connectivity index (χ0v) is 45.5. The average Bonchev–Trinajstić information content (AvgIpc) is 3.37. The highest BCUT2D eigenvalue weighted by molar-refractivity contribution is 7.47. The summed E-state index contributed by atoms with van der Waals surface area (Å²) in [6, 6.07) is 0. The number of carbonyl (C=O) groups is 3. The first-order chi connectivity index (χ1) is 35.2. The second-order valence-corrected chi connectivity index (χ2v) is 18.7. The first kappa shape index (κ1) is 67.6. The fraction of sp³-hybridized carbons (Fsp3) is 0.583. The lowest BCUT2D eigenvalue weighted by atomic mass is 10.1. The Balaban J connectivity index is 4.87. The number of rotatable bonds is 48. The molecule has 0 rings (SSSR count). The summed E-state index contributed by atoms with van der Waals surface area (Å²) in [5, 5.41) is 9.79. The van der Waals surface area contributed by atoms with Crippen molar-refractivity contribution in [1.82, 2.24) is 0 Å². The molecule has 0 saturated heterocycles. The van der Waals surface area contributed by atoms with Crippen LogP contribution < -0.4 is 0 Å². The second-order valence-electron chi connectivity index (χ2n) is 17.3. The molecule has 406 valence electrons. The first-order valence-corrected chi connectivity index (χ1v) is 28.6. The molecule has 3 atom stereocenters. The number of aliphatic hydroxyl groups is 1. The maximum atomic E-state index is 12.9. The summed E-state index contributed by atoms with van der Waals surface area (Å²) in [5.41, 5.74) is 0. The summed E-state index contributed by atoms with van der Waals surface area (Å²) in [6.45, 7) is 4.20. The Morgan fingerprint density at radius 2 is 0.736 bits per heavy atom. The molecule has 3 unspecified atom stereocenters. The molecule has 0 bridgehead atoms. The van der Waals surface area contributed by atoms with Gasteiger partial charge in [0.05, 0.1) is 19.8 Å². The third-order valence-electron chi connectivity index (χ3n) is 10.5. The molecule has 0 fully saturated rings. The number of phosphoric ester groups is 1. The molecule has 0 aromatic carbocycles. The van der Waals surface area contributed by atoms with Gasteiger partial charge in [-0.15, -0.1) is 0 Å². The SMILES string of the molecule is CC/C=C\C/C=C\C/C=C\C/C=C\C/C=C\CCCC(=O)OC(CO)COP(=O)(O)OCC(COC(=O)CCCCCCC/C=C\CCCC)OC(=O)CCC/C=C\C/C=C\C/C=C\C/C=C\C/C=C\CC. The fourth-order valence-corrected chi connectivity index (χ4v) is 7.25. The van der Waals surface area contributed by atoms with Gasteiger partial charge in [-0.25, -0.2) is 4.57 Å². The van der Waals surface area contributed by atoms with Crippen LogP contribution in [0.5, 0.6) is 0 Å². The minimum absolute atomic E-state index is 0.0758. The standard InChI is InChI=1S/C60H95O11P/c1-4-7-10-13-16-19-22-24-26-28-30-32-35-38-41-44-47-50-59(63)70-56(52-61)54-68-72(65,66)69-55-57(53-67-58(62)49-46-43-40-37-34-21-18-15-12-9-6-3)71-60(64)51-48-45-42-39-36-33-31-29-27-25-23-20-17-14-11-8-5-2/h7-8,10-11,15-20,24-27,30-33,38-39,41-42,56-57,61H,4-6,9,12-14,21-23,28-29,34-37,40,43-55H2,1-3H3,(H,65,66)/b10-7-,11-8-,18-15-,19-16-,20-17-,26-24-,27-25-,32-30-,33-31-,41-38-,42-39-. The van der Waals surface area contributed by atoms with Crippen LogP contribution in [-0.4, -0.2) is 66.5 Å². The molecule has 0 amide bonds. The highest BCUT2D eigenvalue weighted by Gasteiger charge is 2.28. The van der Waals surface area contributed by atoms with Crippen molar-refractivity contribution in [3.63, 3.8) is 0 Å². The van der Waals surface area contributed by atoms with Crippen molar-refractivity contribution in [2.45, 2.75) is 200 Å². The summed E-state index contributed by atoms with van der Waals surface area (Å²) in [7, 11) is -4.78. The Bertz CT molecular complexity index is 1710. The van der Waals surface area contributed by atoms with E-state index in [2.05, 4.69) is 130 Å². The molecular formula is C60H95O11P. The molecule has 12 heteroatoms. The largest absolute Gasteiger partial charge is 0.472 e. The van der Waals surface area contributed by atoms with Crippen LogP contribution >= 0.6 is 7.82 Å². The van der Waals surface area contributed by atoms with Crippen molar-refractivity contribution in [3.05, 3.63) is 134 Å². The predicted octanol–water partition coefficient (Wildman–Crippen LogP) is 15.8. The summed E-state index contributed by atoms with van der Waals surface area (Å²) >= 11 is 0. The Morgan fingerprint density at radius 1 is 0.403 bits per heavy atom. The molecule has 0 heterocycles. The summed E-state index contributed by atoms with van der Waals surface area (Å²) in [6.07, 6.45) is 65.8. The van der Waals surface area contributed by atoms with Crippen LogP contribution in [0.3, 0.4) is 0 Å². The minimum Gasteiger partial charge on any atom is -0.462 e. The van der Waals surface area contributed by atoms with Gasteiger partial charge in [0.15, 0.2) is 6.10 Å².